The molecule has 0 N–H and O–H groups in total. The van der Waals surface area contributed by atoms with Gasteiger partial charge in [-0.05, 0) is 42.8 Å². The highest BCUT2D eigenvalue weighted by Gasteiger charge is 2.22. The van der Waals surface area contributed by atoms with Crippen molar-refractivity contribution in [3.8, 4) is 28.8 Å². The predicted octanol–water partition coefficient (Wildman–Crippen LogP) is 4.75. The number of hydrogen-bond donors (Lipinski definition) is 0. The van der Waals surface area contributed by atoms with Gasteiger partial charge in [0.25, 0.3) is 5.91 Å². The maximum atomic E-state index is 13.0. The van der Waals surface area contributed by atoms with Crippen LogP contribution in [-0.2, 0) is 9.53 Å². The molecule has 0 unspecified atom stereocenters. The molecule has 0 radical (unpaired) electrons. The maximum absolute atomic E-state index is 13.0. The van der Waals surface area contributed by atoms with E-state index in [1.165, 1.54) is 0 Å². The van der Waals surface area contributed by atoms with Crippen LogP contribution in [0.15, 0.2) is 60.3 Å². The van der Waals surface area contributed by atoms with E-state index in [0.717, 1.165) is 17.7 Å². The summed E-state index contributed by atoms with van der Waals surface area (Å²) >= 11 is 6.48. The number of rotatable bonds is 7. The first-order valence-electron chi connectivity index (χ1n) is 11.2. The van der Waals surface area contributed by atoms with Crippen LogP contribution in [-0.4, -0.2) is 53.5 Å². The number of hydrogen-bond acceptors (Lipinski definition) is 5. The monoisotopic (exact) mass is 476 g/mol. The van der Waals surface area contributed by atoms with E-state index in [0.29, 0.717) is 54.9 Å². The number of para-hydroxylation sites is 1. The third-order valence-electron chi connectivity index (χ3n) is 5.38. The number of morpholine rings is 1. The lowest BCUT2D eigenvalue weighted by Crippen LogP contribution is -2.41. The largest absolute Gasteiger partial charge is 0.492 e. The molecule has 1 aliphatic rings. The fraction of sp³-hybridized carbons (Fsp3) is 0.269. The third kappa shape index (κ3) is 5.30. The van der Waals surface area contributed by atoms with Crippen LogP contribution in [0.5, 0.6) is 5.75 Å². The second kappa shape index (κ2) is 11.0. The average molecular weight is 477 g/mol. The summed E-state index contributed by atoms with van der Waals surface area (Å²) in [4.78, 5) is 14.6. The summed E-state index contributed by atoms with van der Waals surface area (Å²) in [6.07, 6.45) is 4.28. The highest BCUT2D eigenvalue weighted by molar-refractivity contribution is 6.32. The van der Waals surface area contributed by atoms with Crippen molar-refractivity contribution in [3.05, 3.63) is 70.9 Å². The number of halogens is 1. The van der Waals surface area contributed by atoms with E-state index < -0.39 is 0 Å². The highest BCUT2D eigenvalue weighted by Crippen LogP contribution is 2.33. The summed E-state index contributed by atoms with van der Waals surface area (Å²) in [5.74, 6) is 0.289. The van der Waals surface area contributed by atoms with Gasteiger partial charge in [0, 0.05) is 30.4 Å². The van der Waals surface area contributed by atoms with Gasteiger partial charge in [0.05, 0.1) is 30.5 Å². The molecule has 1 aromatic heterocycles. The molecule has 7 nitrogen and oxygen atoms in total. The molecule has 34 heavy (non-hydrogen) atoms. The van der Waals surface area contributed by atoms with E-state index in [1.54, 1.807) is 21.7 Å². The van der Waals surface area contributed by atoms with Crippen LogP contribution in [0.3, 0.4) is 0 Å². The van der Waals surface area contributed by atoms with Gasteiger partial charge < -0.3 is 14.4 Å². The molecule has 4 rings (SSSR count). The van der Waals surface area contributed by atoms with Crippen molar-refractivity contribution < 1.29 is 14.3 Å². The minimum Gasteiger partial charge on any atom is -0.492 e. The molecule has 3 aromatic rings. The number of nitrogens with zero attached hydrogens (tertiary/aromatic N) is 4. The number of carbonyl (C=O) groups is 1. The molecule has 0 saturated carbocycles. The van der Waals surface area contributed by atoms with Crippen LogP contribution in [0.1, 0.15) is 18.9 Å². The van der Waals surface area contributed by atoms with Gasteiger partial charge in [0.1, 0.15) is 23.1 Å². The molecular formula is C26H25ClN4O3. The molecule has 2 aromatic carbocycles. The van der Waals surface area contributed by atoms with Crippen molar-refractivity contribution in [3.63, 3.8) is 0 Å². The van der Waals surface area contributed by atoms with Crippen LogP contribution >= 0.6 is 11.6 Å². The zero-order valence-electron chi connectivity index (χ0n) is 18.9. The summed E-state index contributed by atoms with van der Waals surface area (Å²) in [5, 5.41) is 15.0. The normalized spacial score (nSPS) is 14.0. The van der Waals surface area contributed by atoms with Crippen molar-refractivity contribution in [2.24, 2.45) is 0 Å². The summed E-state index contributed by atoms with van der Waals surface area (Å²) in [7, 11) is 0. The van der Waals surface area contributed by atoms with Crippen LogP contribution in [0.2, 0.25) is 5.02 Å². The summed E-state index contributed by atoms with van der Waals surface area (Å²) < 4.78 is 12.7. The van der Waals surface area contributed by atoms with Gasteiger partial charge in [0.2, 0.25) is 0 Å². The Balaban J connectivity index is 1.76. The number of ether oxygens (including phenoxy) is 2. The number of carbonyl (C=O) groups excluding carboxylic acids is 1. The maximum Gasteiger partial charge on any atom is 0.264 e. The highest BCUT2D eigenvalue weighted by atomic mass is 35.5. The van der Waals surface area contributed by atoms with E-state index >= 15 is 0 Å². The molecule has 0 atom stereocenters. The van der Waals surface area contributed by atoms with Crippen LogP contribution in [0, 0.1) is 11.3 Å². The first kappa shape index (κ1) is 23.6. The standard InChI is InChI=1S/C26H25ClN4O3/c1-2-12-34-24-9-8-19(16-23(24)27)25-21(18-31(29-25)22-6-4-3-5-7-22)15-20(17-28)26(32)30-10-13-33-14-11-30/h3-9,15-16,18H,2,10-14H2,1H3/b20-15-. The minimum atomic E-state index is -0.314. The Hall–Kier alpha value is -3.60. The van der Waals surface area contributed by atoms with Gasteiger partial charge in [-0.25, -0.2) is 4.68 Å². The molecule has 174 valence electrons. The molecule has 2 heterocycles. The van der Waals surface area contributed by atoms with E-state index in [1.807, 2.05) is 55.6 Å². The smallest absolute Gasteiger partial charge is 0.264 e. The van der Waals surface area contributed by atoms with Gasteiger partial charge in [-0.2, -0.15) is 10.4 Å². The molecule has 0 bridgehead atoms. The predicted molar refractivity (Wildman–Crippen MR) is 131 cm³/mol. The van der Waals surface area contributed by atoms with Gasteiger partial charge >= 0.3 is 0 Å². The first-order chi connectivity index (χ1) is 16.6. The SMILES string of the molecule is CCCOc1ccc(-c2nn(-c3ccccc3)cc2/C=C(/C#N)C(=O)N2CCOCC2)cc1Cl. The average Bonchev–Trinajstić information content (AvgIpc) is 3.31. The van der Waals surface area contributed by atoms with Crippen molar-refractivity contribution in [1.29, 1.82) is 5.26 Å². The fourth-order valence-corrected chi connectivity index (χ4v) is 3.88. The Kier molecular flexibility index (Phi) is 7.63. The van der Waals surface area contributed by atoms with Gasteiger partial charge in [-0.3, -0.25) is 4.79 Å². The number of nitriles is 1. The molecule has 8 heteroatoms. The zero-order chi connectivity index (χ0) is 23.9. The van der Waals surface area contributed by atoms with Gasteiger partial charge in [-0.15, -0.1) is 0 Å². The van der Waals surface area contributed by atoms with Crippen LogP contribution in [0.4, 0.5) is 0 Å². The van der Waals surface area contributed by atoms with Crippen LogP contribution in [0.25, 0.3) is 23.0 Å². The zero-order valence-corrected chi connectivity index (χ0v) is 19.7. The molecule has 1 aliphatic heterocycles. The van der Waals surface area contributed by atoms with E-state index in [4.69, 9.17) is 26.2 Å². The van der Waals surface area contributed by atoms with Gasteiger partial charge in [0.15, 0.2) is 0 Å². The van der Waals surface area contributed by atoms with Crippen molar-refractivity contribution in [1.82, 2.24) is 14.7 Å². The number of amides is 1. The molecule has 0 aliphatic carbocycles. The Bertz CT molecular complexity index is 1220. The van der Waals surface area contributed by atoms with Crippen molar-refractivity contribution in [2.75, 3.05) is 32.9 Å². The Morgan fingerprint density at radius 1 is 1.24 bits per heavy atom. The summed E-state index contributed by atoms with van der Waals surface area (Å²) in [6, 6.07) is 17.2. The molecule has 1 saturated heterocycles. The van der Waals surface area contributed by atoms with Crippen LogP contribution < -0.4 is 4.74 Å². The lowest BCUT2D eigenvalue weighted by molar-refractivity contribution is -0.130. The minimum absolute atomic E-state index is 0.0461. The Labute approximate surface area is 203 Å². The Morgan fingerprint density at radius 2 is 2.00 bits per heavy atom. The fourth-order valence-electron chi connectivity index (χ4n) is 3.64. The van der Waals surface area contributed by atoms with E-state index in [9.17, 15) is 10.1 Å². The first-order valence-corrected chi connectivity index (χ1v) is 11.5. The second-order valence-electron chi connectivity index (χ2n) is 7.78. The third-order valence-corrected chi connectivity index (χ3v) is 5.67. The van der Waals surface area contributed by atoms with E-state index in [-0.39, 0.29) is 11.5 Å². The molecular weight excluding hydrogens is 452 g/mol. The lowest BCUT2D eigenvalue weighted by atomic mass is 10.1. The molecule has 1 amide bonds. The van der Waals surface area contributed by atoms with Crippen molar-refractivity contribution >= 4 is 23.6 Å². The van der Waals surface area contributed by atoms with E-state index in [2.05, 4.69) is 6.07 Å². The lowest BCUT2D eigenvalue weighted by Gasteiger charge is -2.26. The second-order valence-corrected chi connectivity index (χ2v) is 8.19. The summed E-state index contributed by atoms with van der Waals surface area (Å²) in [5.41, 5.74) is 2.90. The quantitative estimate of drug-likeness (QED) is 0.363. The molecule has 0 spiro atoms. The molecule has 1 fully saturated rings. The Morgan fingerprint density at radius 3 is 2.68 bits per heavy atom. The topological polar surface area (TPSA) is 80.4 Å². The number of benzene rings is 2. The summed E-state index contributed by atoms with van der Waals surface area (Å²) in [6.45, 7) is 4.46. The number of aromatic nitrogens is 2. The van der Waals surface area contributed by atoms with Crippen molar-refractivity contribution in [2.45, 2.75) is 13.3 Å². The van der Waals surface area contributed by atoms with Gasteiger partial charge in [-0.1, -0.05) is 36.7 Å².